The van der Waals surface area contributed by atoms with E-state index in [4.69, 9.17) is 0 Å². The number of anilines is 1. The van der Waals surface area contributed by atoms with E-state index in [2.05, 4.69) is 11.9 Å². The molecule has 1 fully saturated rings. The Hall–Kier alpha value is -3.28. The van der Waals surface area contributed by atoms with Gasteiger partial charge in [0.2, 0.25) is 0 Å². The molecule has 0 radical (unpaired) electrons. The largest absolute Gasteiger partial charge is 0.506 e. The van der Waals surface area contributed by atoms with Crippen molar-refractivity contribution in [3.05, 3.63) is 60.7 Å². The van der Waals surface area contributed by atoms with Crippen molar-refractivity contribution in [2.24, 2.45) is 0 Å². The van der Waals surface area contributed by atoms with Crippen LogP contribution in [0.1, 0.15) is 26.2 Å². The summed E-state index contributed by atoms with van der Waals surface area (Å²) in [7, 11) is 0. The lowest BCUT2D eigenvalue weighted by molar-refractivity contribution is -0.133. The molecule has 3 rings (SSSR count). The van der Waals surface area contributed by atoms with Crippen molar-refractivity contribution < 1.29 is 19.8 Å². The monoisotopic (exact) mass is 366 g/mol. The standard InChI is InChI=1S/C21H22N2O4/c1-3-11-21(13-14(2)19(25)26)22-20(27)23(21)17-12-16(9-10-18(17)24)15-7-5-4-6-8-15/h4-10,12,24H,2-3,11,13H2,1H3,(H,22,27)(H,25,26). The molecule has 0 saturated carbocycles. The van der Waals surface area contributed by atoms with Crippen LogP contribution in [-0.2, 0) is 4.79 Å². The Labute approximate surface area is 157 Å². The van der Waals surface area contributed by atoms with Crippen molar-refractivity contribution in [2.75, 3.05) is 4.90 Å². The number of carboxylic acid groups (broad SMARTS) is 1. The van der Waals surface area contributed by atoms with Crippen LogP contribution in [0.15, 0.2) is 60.7 Å². The predicted octanol–water partition coefficient (Wildman–Crippen LogP) is 4.12. The van der Waals surface area contributed by atoms with E-state index in [0.29, 0.717) is 12.1 Å². The average Bonchev–Trinajstić information content (AvgIpc) is 2.64. The van der Waals surface area contributed by atoms with Gasteiger partial charge in [-0.3, -0.25) is 4.90 Å². The highest BCUT2D eigenvalue weighted by Gasteiger charge is 2.52. The molecule has 2 aromatic rings. The summed E-state index contributed by atoms with van der Waals surface area (Å²) in [6, 6.07) is 14.3. The van der Waals surface area contributed by atoms with Gasteiger partial charge in [-0.2, -0.15) is 0 Å². The van der Waals surface area contributed by atoms with E-state index in [1.807, 2.05) is 37.3 Å². The molecule has 0 aromatic heterocycles. The van der Waals surface area contributed by atoms with Crippen LogP contribution in [0, 0.1) is 0 Å². The maximum atomic E-state index is 12.4. The number of amides is 2. The Morgan fingerprint density at radius 2 is 1.89 bits per heavy atom. The van der Waals surface area contributed by atoms with E-state index in [-0.39, 0.29) is 23.8 Å². The fraction of sp³-hybridized carbons (Fsp3) is 0.238. The first kappa shape index (κ1) is 18.5. The van der Waals surface area contributed by atoms with Gasteiger partial charge < -0.3 is 15.5 Å². The Bertz CT molecular complexity index is 894. The van der Waals surface area contributed by atoms with E-state index in [1.54, 1.807) is 18.2 Å². The number of nitrogens with one attached hydrogen (secondary N) is 1. The van der Waals surface area contributed by atoms with E-state index in [9.17, 15) is 19.8 Å². The molecule has 0 spiro atoms. The highest BCUT2D eigenvalue weighted by Crippen LogP contribution is 2.43. The Balaban J connectivity index is 2.03. The maximum Gasteiger partial charge on any atom is 0.331 e. The molecule has 0 bridgehead atoms. The van der Waals surface area contributed by atoms with Crippen LogP contribution in [0.4, 0.5) is 10.5 Å². The van der Waals surface area contributed by atoms with Crippen LogP contribution in [0.3, 0.4) is 0 Å². The van der Waals surface area contributed by atoms with Crippen LogP contribution < -0.4 is 10.2 Å². The van der Waals surface area contributed by atoms with Gasteiger partial charge in [0.1, 0.15) is 11.4 Å². The normalized spacial score (nSPS) is 18.6. The molecule has 1 saturated heterocycles. The smallest absolute Gasteiger partial charge is 0.331 e. The summed E-state index contributed by atoms with van der Waals surface area (Å²) in [5, 5.41) is 22.5. The van der Waals surface area contributed by atoms with Gasteiger partial charge in [-0.1, -0.05) is 56.3 Å². The van der Waals surface area contributed by atoms with Gasteiger partial charge in [-0.25, -0.2) is 9.59 Å². The zero-order valence-corrected chi connectivity index (χ0v) is 15.1. The number of carbonyl (C=O) groups excluding carboxylic acids is 1. The first-order valence-electron chi connectivity index (χ1n) is 8.80. The average molecular weight is 366 g/mol. The minimum Gasteiger partial charge on any atom is -0.506 e. The number of carbonyl (C=O) groups is 2. The fourth-order valence-electron chi connectivity index (χ4n) is 3.53. The lowest BCUT2D eigenvalue weighted by Crippen LogP contribution is -2.76. The van der Waals surface area contributed by atoms with Crippen LogP contribution in [0.5, 0.6) is 5.75 Å². The summed E-state index contributed by atoms with van der Waals surface area (Å²) < 4.78 is 0. The molecule has 140 valence electrons. The van der Waals surface area contributed by atoms with Crippen LogP contribution in [0.25, 0.3) is 11.1 Å². The molecule has 1 aliphatic rings. The fourth-order valence-corrected chi connectivity index (χ4v) is 3.53. The minimum atomic E-state index is -1.10. The van der Waals surface area contributed by atoms with Crippen molar-refractivity contribution in [3.8, 4) is 16.9 Å². The van der Waals surface area contributed by atoms with Gasteiger partial charge in [0.15, 0.2) is 0 Å². The number of phenolic OH excluding ortho intramolecular Hbond substituents is 1. The number of benzene rings is 2. The maximum absolute atomic E-state index is 12.4. The highest BCUT2D eigenvalue weighted by atomic mass is 16.4. The number of phenols is 1. The van der Waals surface area contributed by atoms with Crippen LogP contribution in [0.2, 0.25) is 0 Å². The van der Waals surface area contributed by atoms with E-state index < -0.39 is 11.6 Å². The molecule has 6 nitrogen and oxygen atoms in total. The SMILES string of the molecule is C=C(CC1(CCC)NC(=O)N1c1cc(-c2ccccc2)ccc1O)C(=O)O. The first-order chi connectivity index (χ1) is 12.9. The number of carboxylic acids is 1. The lowest BCUT2D eigenvalue weighted by atomic mass is 9.89. The summed E-state index contributed by atoms with van der Waals surface area (Å²) in [6.45, 7) is 5.56. The van der Waals surface area contributed by atoms with Crippen molar-refractivity contribution >= 4 is 17.7 Å². The van der Waals surface area contributed by atoms with Crippen molar-refractivity contribution in [1.82, 2.24) is 5.32 Å². The second-order valence-corrected chi connectivity index (χ2v) is 6.70. The number of rotatable bonds is 7. The molecule has 6 heteroatoms. The number of aromatic hydroxyl groups is 1. The van der Waals surface area contributed by atoms with Gasteiger partial charge in [0, 0.05) is 12.0 Å². The van der Waals surface area contributed by atoms with E-state index in [1.165, 1.54) is 4.90 Å². The second-order valence-electron chi connectivity index (χ2n) is 6.70. The third-order valence-electron chi connectivity index (χ3n) is 4.77. The van der Waals surface area contributed by atoms with Gasteiger partial charge in [0.25, 0.3) is 0 Å². The number of nitrogens with zero attached hydrogens (tertiary/aromatic N) is 1. The first-order valence-corrected chi connectivity index (χ1v) is 8.80. The third kappa shape index (κ3) is 3.38. The molecule has 1 aliphatic heterocycles. The van der Waals surface area contributed by atoms with Crippen LogP contribution >= 0.6 is 0 Å². The van der Waals surface area contributed by atoms with Crippen LogP contribution in [-0.4, -0.2) is 27.9 Å². The molecule has 1 atom stereocenters. The molecule has 1 heterocycles. The Morgan fingerprint density at radius 3 is 2.48 bits per heavy atom. The third-order valence-corrected chi connectivity index (χ3v) is 4.77. The van der Waals surface area contributed by atoms with Crippen molar-refractivity contribution in [3.63, 3.8) is 0 Å². The molecule has 3 N–H and O–H groups in total. The number of hydrogen-bond donors (Lipinski definition) is 3. The van der Waals surface area contributed by atoms with Gasteiger partial charge in [-0.15, -0.1) is 0 Å². The summed E-state index contributed by atoms with van der Waals surface area (Å²) >= 11 is 0. The van der Waals surface area contributed by atoms with Gasteiger partial charge in [0.05, 0.1) is 5.69 Å². The van der Waals surface area contributed by atoms with Gasteiger partial charge in [-0.05, 0) is 29.7 Å². The lowest BCUT2D eigenvalue weighted by Gasteiger charge is -2.53. The van der Waals surface area contributed by atoms with Gasteiger partial charge >= 0.3 is 12.0 Å². The summed E-state index contributed by atoms with van der Waals surface area (Å²) in [5.74, 6) is -1.14. The molecular weight excluding hydrogens is 344 g/mol. The zero-order chi connectivity index (χ0) is 19.6. The Kier molecular flexibility index (Phi) is 4.90. The predicted molar refractivity (Wildman–Crippen MR) is 104 cm³/mol. The zero-order valence-electron chi connectivity index (χ0n) is 15.1. The number of urea groups is 1. The van der Waals surface area contributed by atoms with Crippen molar-refractivity contribution in [2.45, 2.75) is 31.8 Å². The second kappa shape index (κ2) is 7.15. The molecule has 0 aliphatic carbocycles. The Morgan fingerprint density at radius 1 is 1.19 bits per heavy atom. The van der Waals surface area contributed by atoms with Crippen molar-refractivity contribution in [1.29, 1.82) is 0 Å². The molecular formula is C21H22N2O4. The topological polar surface area (TPSA) is 89.9 Å². The molecule has 1 unspecified atom stereocenters. The molecule has 27 heavy (non-hydrogen) atoms. The molecule has 2 amide bonds. The molecule has 2 aromatic carbocycles. The van der Waals surface area contributed by atoms with E-state index >= 15 is 0 Å². The quantitative estimate of drug-likeness (QED) is 0.643. The highest BCUT2D eigenvalue weighted by molar-refractivity contribution is 6.03. The summed E-state index contributed by atoms with van der Waals surface area (Å²) in [5.41, 5.74) is 1.26. The van der Waals surface area contributed by atoms with E-state index in [0.717, 1.165) is 17.5 Å². The number of hydrogen-bond acceptors (Lipinski definition) is 3. The minimum absolute atomic E-state index is 0.00662. The number of aliphatic carboxylic acids is 1. The summed E-state index contributed by atoms with van der Waals surface area (Å²) in [4.78, 5) is 25.1. The summed E-state index contributed by atoms with van der Waals surface area (Å²) in [6.07, 6.45) is 1.32.